The van der Waals surface area contributed by atoms with Gasteiger partial charge in [0.1, 0.15) is 11.6 Å². The Morgan fingerprint density at radius 1 is 1.06 bits per heavy atom. The molecule has 0 saturated carbocycles. The maximum atomic E-state index is 13.3. The summed E-state index contributed by atoms with van der Waals surface area (Å²) in [7, 11) is 0. The predicted molar refractivity (Wildman–Crippen MR) is 64.9 cm³/mol. The average Bonchev–Trinajstić information content (AvgIpc) is 2.30. The lowest BCUT2D eigenvalue weighted by Crippen LogP contribution is -2.03. The zero-order valence-corrected chi connectivity index (χ0v) is 9.50. The van der Waals surface area contributed by atoms with E-state index >= 15 is 0 Å². The zero-order chi connectivity index (χ0) is 12.3. The zero-order valence-electron chi connectivity index (χ0n) is 9.50. The van der Waals surface area contributed by atoms with E-state index in [0.717, 1.165) is 11.1 Å². The third kappa shape index (κ3) is 2.81. The molecule has 0 spiro atoms. The highest BCUT2D eigenvalue weighted by Crippen LogP contribution is 2.16. The summed E-state index contributed by atoms with van der Waals surface area (Å²) in [6.07, 6.45) is 0. The number of rotatable bonds is 3. The van der Waals surface area contributed by atoms with Crippen LogP contribution in [0.15, 0.2) is 42.5 Å². The quantitative estimate of drug-likeness (QED) is 0.848. The summed E-state index contributed by atoms with van der Waals surface area (Å²) in [4.78, 5) is 0. The lowest BCUT2D eigenvalue weighted by molar-refractivity contribution is 0.625. The maximum Gasteiger partial charge on any atom is 0.146 e. The fourth-order valence-electron chi connectivity index (χ4n) is 1.65. The molecule has 0 bridgehead atoms. The van der Waals surface area contributed by atoms with Crippen molar-refractivity contribution in [1.82, 2.24) is 0 Å². The Morgan fingerprint density at radius 2 is 1.82 bits per heavy atom. The fraction of sp³-hybridized carbons (Fsp3) is 0.143. The van der Waals surface area contributed by atoms with Crippen molar-refractivity contribution in [3.8, 4) is 0 Å². The topological polar surface area (TPSA) is 12.0 Å². The highest BCUT2D eigenvalue weighted by molar-refractivity contribution is 5.45. The van der Waals surface area contributed by atoms with Gasteiger partial charge >= 0.3 is 0 Å². The lowest BCUT2D eigenvalue weighted by Gasteiger charge is -2.09. The van der Waals surface area contributed by atoms with Crippen LogP contribution in [0.2, 0.25) is 0 Å². The first-order valence-electron chi connectivity index (χ1n) is 5.40. The summed E-state index contributed by atoms with van der Waals surface area (Å²) >= 11 is 0. The second-order valence-corrected chi connectivity index (χ2v) is 3.90. The Labute approximate surface area is 99.1 Å². The summed E-state index contributed by atoms with van der Waals surface area (Å²) in [5, 5.41) is 2.99. The van der Waals surface area contributed by atoms with Crippen molar-refractivity contribution < 1.29 is 8.78 Å². The largest absolute Gasteiger partial charge is 0.379 e. The van der Waals surface area contributed by atoms with Crippen LogP contribution >= 0.6 is 0 Å². The summed E-state index contributed by atoms with van der Waals surface area (Å²) < 4.78 is 26.2. The summed E-state index contributed by atoms with van der Waals surface area (Å²) in [6.45, 7) is 2.31. The molecule has 3 heteroatoms. The minimum absolute atomic E-state index is 0.253. The van der Waals surface area contributed by atoms with Crippen molar-refractivity contribution in [2.24, 2.45) is 0 Å². The first-order chi connectivity index (χ1) is 8.16. The van der Waals surface area contributed by atoms with E-state index in [4.69, 9.17) is 0 Å². The van der Waals surface area contributed by atoms with E-state index in [1.54, 1.807) is 24.3 Å². The van der Waals surface area contributed by atoms with Gasteiger partial charge in [-0.1, -0.05) is 18.2 Å². The fourth-order valence-corrected chi connectivity index (χ4v) is 1.65. The van der Waals surface area contributed by atoms with Crippen molar-refractivity contribution in [1.29, 1.82) is 0 Å². The Kier molecular flexibility index (Phi) is 3.38. The average molecular weight is 233 g/mol. The molecule has 2 rings (SSSR count). The summed E-state index contributed by atoms with van der Waals surface area (Å²) in [6, 6.07) is 11.1. The molecule has 2 aromatic carbocycles. The number of aryl methyl sites for hydroxylation is 1. The number of nitrogens with one attached hydrogen (secondary N) is 1. The van der Waals surface area contributed by atoms with Crippen molar-refractivity contribution in [3.05, 3.63) is 65.2 Å². The molecule has 0 atom stereocenters. The van der Waals surface area contributed by atoms with Crippen LogP contribution in [0.1, 0.15) is 11.1 Å². The van der Waals surface area contributed by atoms with Gasteiger partial charge in [-0.2, -0.15) is 0 Å². The van der Waals surface area contributed by atoms with Crippen molar-refractivity contribution in [3.63, 3.8) is 0 Å². The second kappa shape index (κ2) is 4.95. The van der Waals surface area contributed by atoms with Crippen LogP contribution in [0.5, 0.6) is 0 Å². The molecule has 17 heavy (non-hydrogen) atoms. The molecule has 88 valence electrons. The van der Waals surface area contributed by atoms with Crippen molar-refractivity contribution in [2.75, 3.05) is 5.32 Å². The molecule has 1 nitrogen and oxygen atoms in total. The van der Waals surface area contributed by atoms with E-state index in [0.29, 0.717) is 12.2 Å². The first kappa shape index (κ1) is 11.6. The number of hydrogen-bond acceptors (Lipinski definition) is 1. The van der Waals surface area contributed by atoms with Gasteiger partial charge < -0.3 is 5.32 Å². The molecule has 1 N–H and O–H groups in total. The maximum absolute atomic E-state index is 13.3. The van der Waals surface area contributed by atoms with Gasteiger partial charge in [0.2, 0.25) is 0 Å². The molecule has 0 aliphatic rings. The van der Waals surface area contributed by atoms with Crippen LogP contribution in [0.4, 0.5) is 14.5 Å². The number of anilines is 1. The van der Waals surface area contributed by atoms with Crippen LogP contribution < -0.4 is 5.32 Å². The standard InChI is InChI=1S/C14H13F2N/c1-10-8-12(15)7-6-11(10)9-17-14-5-3-2-4-13(14)16/h2-8,17H,9H2,1H3. The first-order valence-corrected chi connectivity index (χ1v) is 5.40. The number of para-hydroxylation sites is 1. The van der Waals surface area contributed by atoms with Gasteiger partial charge in [-0.05, 0) is 42.3 Å². The highest BCUT2D eigenvalue weighted by Gasteiger charge is 2.02. The molecule has 0 aliphatic carbocycles. The molecule has 0 heterocycles. The Balaban J connectivity index is 2.10. The summed E-state index contributed by atoms with van der Waals surface area (Å²) in [5.41, 5.74) is 2.26. The lowest BCUT2D eigenvalue weighted by atomic mass is 10.1. The predicted octanol–water partition coefficient (Wildman–Crippen LogP) is 3.89. The number of halogens is 2. The van der Waals surface area contributed by atoms with Gasteiger partial charge in [0.05, 0.1) is 5.69 Å². The van der Waals surface area contributed by atoms with Gasteiger partial charge in [0, 0.05) is 6.54 Å². The molecule has 0 radical (unpaired) electrons. The van der Waals surface area contributed by atoms with Gasteiger partial charge in [-0.3, -0.25) is 0 Å². The van der Waals surface area contributed by atoms with Crippen LogP contribution in [0, 0.1) is 18.6 Å². The van der Waals surface area contributed by atoms with Crippen LogP contribution in [-0.4, -0.2) is 0 Å². The molecule has 0 aliphatic heterocycles. The number of hydrogen-bond donors (Lipinski definition) is 1. The molecule has 0 saturated heterocycles. The molecule has 2 aromatic rings. The minimum Gasteiger partial charge on any atom is -0.379 e. The van der Waals surface area contributed by atoms with Gasteiger partial charge in [-0.15, -0.1) is 0 Å². The van der Waals surface area contributed by atoms with E-state index in [9.17, 15) is 8.78 Å². The van der Waals surface area contributed by atoms with Gasteiger partial charge in [0.25, 0.3) is 0 Å². The molecule has 0 amide bonds. The molecule has 0 aromatic heterocycles. The SMILES string of the molecule is Cc1cc(F)ccc1CNc1ccccc1F. The monoisotopic (exact) mass is 233 g/mol. The van der Waals surface area contributed by atoms with E-state index in [1.807, 2.05) is 6.92 Å². The Morgan fingerprint density at radius 3 is 2.53 bits per heavy atom. The normalized spacial score (nSPS) is 10.3. The van der Waals surface area contributed by atoms with E-state index < -0.39 is 0 Å². The Hall–Kier alpha value is -1.90. The highest BCUT2D eigenvalue weighted by atomic mass is 19.1. The van der Waals surface area contributed by atoms with Crippen molar-refractivity contribution >= 4 is 5.69 Å². The van der Waals surface area contributed by atoms with Gasteiger partial charge in [-0.25, -0.2) is 8.78 Å². The van der Waals surface area contributed by atoms with Crippen LogP contribution in [-0.2, 0) is 6.54 Å². The third-order valence-electron chi connectivity index (χ3n) is 2.65. The van der Waals surface area contributed by atoms with E-state index in [-0.39, 0.29) is 11.6 Å². The van der Waals surface area contributed by atoms with Crippen molar-refractivity contribution in [2.45, 2.75) is 13.5 Å². The number of benzene rings is 2. The van der Waals surface area contributed by atoms with E-state index in [2.05, 4.69) is 5.32 Å². The third-order valence-corrected chi connectivity index (χ3v) is 2.65. The van der Waals surface area contributed by atoms with Crippen LogP contribution in [0.25, 0.3) is 0 Å². The molecule has 0 unspecified atom stereocenters. The molecule has 0 fully saturated rings. The Bertz CT molecular complexity index is 523. The molecular formula is C14H13F2N. The second-order valence-electron chi connectivity index (χ2n) is 3.90. The van der Waals surface area contributed by atoms with Gasteiger partial charge in [0.15, 0.2) is 0 Å². The smallest absolute Gasteiger partial charge is 0.146 e. The summed E-state index contributed by atoms with van der Waals surface area (Å²) in [5.74, 6) is -0.538. The molecular weight excluding hydrogens is 220 g/mol. The van der Waals surface area contributed by atoms with E-state index in [1.165, 1.54) is 18.2 Å². The minimum atomic E-state index is -0.285. The van der Waals surface area contributed by atoms with Crippen LogP contribution in [0.3, 0.4) is 0 Å².